The highest BCUT2D eigenvalue weighted by Crippen LogP contribution is 2.22. The fourth-order valence-electron chi connectivity index (χ4n) is 3.12. The summed E-state index contributed by atoms with van der Waals surface area (Å²) >= 11 is 0. The summed E-state index contributed by atoms with van der Waals surface area (Å²) in [6.45, 7) is 7.27. The van der Waals surface area contributed by atoms with E-state index in [1.54, 1.807) is 0 Å². The zero-order valence-electron chi connectivity index (χ0n) is 15.1. The van der Waals surface area contributed by atoms with Crippen molar-refractivity contribution in [2.24, 2.45) is 5.92 Å². The number of carbonyl (C=O) groups excluding carboxylic acids is 1. The van der Waals surface area contributed by atoms with Crippen LogP contribution in [-0.4, -0.2) is 15.5 Å². The maximum atomic E-state index is 12.4. The fraction of sp³-hybridized carbons (Fsp3) is 0.333. The van der Waals surface area contributed by atoms with Gasteiger partial charge in [-0.25, -0.2) is 4.98 Å². The molecule has 0 bridgehead atoms. The maximum absolute atomic E-state index is 12.4. The summed E-state index contributed by atoms with van der Waals surface area (Å²) in [5.41, 5.74) is 3.11. The number of nitrogens with one attached hydrogen (secondary N) is 1. The molecule has 1 atom stereocenters. The topological polar surface area (TPSA) is 46.9 Å². The van der Waals surface area contributed by atoms with Gasteiger partial charge >= 0.3 is 0 Å². The van der Waals surface area contributed by atoms with Crippen LogP contribution in [0.25, 0.3) is 11.0 Å². The van der Waals surface area contributed by atoms with Crippen LogP contribution in [0, 0.1) is 5.92 Å². The van der Waals surface area contributed by atoms with Gasteiger partial charge in [-0.2, -0.15) is 0 Å². The van der Waals surface area contributed by atoms with Gasteiger partial charge in [0.05, 0.1) is 23.5 Å². The summed E-state index contributed by atoms with van der Waals surface area (Å²) in [5.74, 6) is 1.43. The molecular weight excluding hydrogens is 310 g/mol. The smallest absolute Gasteiger partial charge is 0.224 e. The van der Waals surface area contributed by atoms with Gasteiger partial charge in [0.15, 0.2) is 0 Å². The molecule has 0 aliphatic heterocycles. The Kier molecular flexibility index (Phi) is 5.17. The normalized spacial score (nSPS) is 12.5. The highest BCUT2D eigenvalue weighted by molar-refractivity contribution is 5.79. The maximum Gasteiger partial charge on any atom is 0.224 e. The van der Waals surface area contributed by atoms with Crippen molar-refractivity contribution < 1.29 is 4.79 Å². The van der Waals surface area contributed by atoms with Gasteiger partial charge in [0.2, 0.25) is 5.91 Å². The Morgan fingerprint density at radius 3 is 2.44 bits per heavy atom. The van der Waals surface area contributed by atoms with E-state index in [0.717, 1.165) is 29.0 Å². The summed E-state index contributed by atoms with van der Waals surface area (Å²) in [4.78, 5) is 17.2. The van der Waals surface area contributed by atoms with E-state index < -0.39 is 0 Å². The van der Waals surface area contributed by atoms with Crippen LogP contribution in [0.3, 0.4) is 0 Å². The first-order valence-corrected chi connectivity index (χ1v) is 8.83. The Morgan fingerprint density at radius 1 is 1.04 bits per heavy atom. The SMILES string of the molecule is CC(C)Cn1c([C@@H](C)NC(=O)Cc2ccccc2)nc2ccccc21. The first-order chi connectivity index (χ1) is 12.0. The number of amides is 1. The lowest BCUT2D eigenvalue weighted by Crippen LogP contribution is -2.30. The molecule has 1 amide bonds. The lowest BCUT2D eigenvalue weighted by molar-refractivity contribution is -0.121. The van der Waals surface area contributed by atoms with Crippen LogP contribution < -0.4 is 5.32 Å². The second kappa shape index (κ2) is 7.51. The molecule has 3 aromatic rings. The molecule has 0 radical (unpaired) electrons. The van der Waals surface area contributed by atoms with E-state index in [-0.39, 0.29) is 11.9 Å². The van der Waals surface area contributed by atoms with Gasteiger partial charge in [0.25, 0.3) is 0 Å². The number of aromatic nitrogens is 2. The molecule has 4 heteroatoms. The lowest BCUT2D eigenvalue weighted by atomic mass is 10.1. The molecule has 1 N–H and O–H groups in total. The Labute approximate surface area is 148 Å². The summed E-state index contributed by atoms with van der Waals surface area (Å²) in [7, 11) is 0. The van der Waals surface area contributed by atoms with E-state index in [2.05, 4.69) is 29.8 Å². The van der Waals surface area contributed by atoms with E-state index in [1.165, 1.54) is 0 Å². The van der Waals surface area contributed by atoms with Crippen molar-refractivity contribution in [2.45, 2.75) is 39.8 Å². The largest absolute Gasteiger partial charge is 0.346 e. The van der Waals surface area contributed by atoms with Gasteiger partial charge in [0, 0.05) is 6.54 Å². The van der Waals surface area contributed by atoms with Crippen LogP contribution in [0.15, 0.2) is 54.6 Å². The van der Waals surface area contributed by atoms with Gasteiger partial charge in [-0.1, -0.05) is 56.3 Å². The Balaban J connectivity index is 1.81. The average Bonchev–Trinajstić information content (AvgIpc) is 2.94. The van der Waals surface area contributed by atoms with Gasteiger partial charge in [-0.05, 0) is 30.5 Å². The van der Waals surface area contributed by atoms with Crippen molar-refractivity contribution in [3.05, 3.63) is 66.0 Å². The van der Waals surface area contributed by atoms with Crippen molar-refractivity contribution in [3.63, 3.8) is 0 Å². The summed E-state index contributed by atoms with van der Waals surface area (Å²) in [6.07, 6.45) is 0.385. The highest BCUT2D eigenvalue weighted by Gasteiger charge is 2.19. The molecule has 0 aliphatic rings. The molecule has 2 aromatic carbocycles. The van der Waals surface area contributed by atoms with Crippen molar-refractivity contribution in [1.82, 2.24) is 14.9 Å². The van der Waals surface area contributed by atoms with Crippen LogP contribution in [0.5, 0.6) is 0 Å². The summed E-state index contributed by atoms with van der Waals surface area (Å²) in [6, 6.07) is 17.8. The zero-order chi connectivity index (χ0) is 17.8. The van der Waals surface area contributed by atoms with E-state index in [4.69, 9.17) is 4.98 Å². The fourth-order valence-corrected chi connectivity index (χ4v) is 3.12. The van der Waals surface area contributed by atoms with E-state index in [0.29, 0.717) is 12.3 Å². The molecule has 0 saturated carbocycles. The van der Waals surface area contributed by atoms with Crippen LogP contribution in [0.4, 0.5) is 0 Å². The number of nitrogens with zero attached hydrogens (tertiary/aromatic N) is 2. The Bertz CT molecular complexity index is 852. The number of fused-ring (bicyclic) bond motifs is 1. The quantitative estimate of drug-likeness (QED) is 0.737. The Morgan fingerprint density at radius 2 is 1.72 bits per heavy atom. The predicted molar refractivity (Wildman–Crippen MR) is 101 cm³/mol. The first-order valence-electron chi connectivity index (χ1n) is 8.83. The van der Waals surface area contributed by atoms with E-state index >= 15 is 0 Å². The number of rotatable bonds is 6. The average molecular weight is 335 g/mol. The van der Waals surface area contributed by atoms with Crippen molar-refractivity contribution >= 4 is 16.9 Å². The zero-order valence-corrected chi connectivity index (χ0v) is 15.1. The number of carbonyl (C=O) groups is 1. The summed E-state index contributed by atoms with van der Waals surface area (Å²) in [5, 5.41) is 3.10. The molecule has 130 valence electrons. The van der Waals surface area contributed by atoms with Crippen molar-refractivity contribution in [2.75, 3.05) is 0 Å². The number of para-hydroxylation sites is 2. The standard InChI is InChI=1S/C21H25N3O/c1-15(2)14-24-19-12-8-7-11-18(19)23-21(24)16(3)22-20(25)13-17-9-5-4-6-10-17/h4-12,15-16H,13-14H2,1-3H3,(H,22,25)/t16-/m1/s1. The number of hydrogen-bond donors (Lipinski definition) is 1. The van der Waals surface area contributed by atoms with Gasteiger partial charge in [-0.3, -0.25) is 4.79 Å². The lowest BCUT2D eigenvalue weighted by Gasteiger charge is -2.17. The molecule has 4 nitrogen and oxygen atoms in total. The monoisotopic (exact) mass is 335 g/mol. The molecule has 0 saturated heterocycles. The highest BCUT2D eigenvalue weighted by atomic mass is 16.1. The molecule has 0 aliphatic carbocycles. The van der Waals surface area contributed by atoms with Gasteiger partial charge in [-0.15, -0.1) is 0 Å². The van der Waals surface area contributed by atoms with Crippen molar-refractivity contribution in [1.29, 1.82) is 0 Å². The number of imidazole rings is 1. The summed E-state index contributed by atoms with van der Waals surface area (Å²) < 4.78 is 2.23. The van der Waals surface area contributed by atoms with E-state index in [9.17, 15) is 4.79 Å². The minimum Gasteiger partial charge on any atom is -0.346 e. The predicted octanol–water partition coefficient (Wildman–Crippen LogP) is 4.11. The molecule has 1 aromatic heterocycles. The van der Waals surface area contributed by atoms with Gasteiger partial charge < -0.3 is 9.88 Å². The van der Waals surface area contributed by atoms with Crippen LogP contribution in [-0.2, 0) is 17.8 Å². The minimum atomic E-state index is -0.137. The van der Waals surface area contributed by atoms with Crippen molar-refractivity contribution in [3.8, 4) is 0 Å². The van der Waals surface area contributed by atoms with Gasteiger partial charge in [0.1, 0.15) is 5.82 Å². The van der Waals surface area contributed by atoms with Crippen LogP contribution in [0.2, 0.25) is 0 Å². The third-order valence-corrected chi connectivity index (χ3v) is 4.20. The molecule has 0 fully saturated rings. The molecule has 25 heavy (non-hydrogen) atoms. The third kappa shape index (κ3) is 4.08. The molecule has 1 heterocycles. The second-order valence-corrected chi connectivity index (χ2v) is 6.91. The Hall–Kier alpha value is -2.62. The molecule has 0 unspecified atom stereocenters. The second-order valence-electron chi connectivity index (χ2n) is 6.91. The molecule has 3 rings (SSSR count). The minimum absolute atomic E-state index is 0.0156. The number of benzene rings is 2. The molecule has 0 spiro atoms. The first kappa shape index (κ1) is 17.2. The molecular formula is C21H25N3O. The number of hydrogen-bond acceptors (Lipinski definition) is 2. The van der Waals surface area contributed by atoms with E-state index in [1.807, 2.05) is 55.5 Å². The van der Waals surface area contributed by atoms with Crippen LogP contribution >= 0.6 is 0 Å². The third-order valence-electron chi connectivity index (χ3n) is 4.20. The van der Waals surface area contributed by atoms with Crippen LogP contribution in [0.1, 0.15) is 38.2 Å².